The molecule has 0 radical (unpaired) electrons. The zero-order chi connectivity index (χ0) is 14.1. The molecule has 20 heavy (non-hydrogen) atoms. The van der Waals surface area contributed by atoms with E-state index in [9.17, 15) is 0 Å². The van der Waals surface area contributed by atoms with Crippen LogP contribution in [0.25, 0.3) is 0 Å². The van der Waals surface area contributed by atoms with Gasteiger partial charge in [-0.05, 0) is 32.8 Å². The lowest BCUT2D eigenvalue weighted by Crippen LogP contribution is -2.47. The van der Waals surface area contributed by atoms with Crippen LogP contribution in [0.15, 0.2) is 18.2 Å². The number of nitrogen functional groups attached to an aromatic ring is 1. The third-order valence-electron chi connectivity index (χ3n) is 4.03. The molecular formula is C16H25N3O. The smallest absolute Gasteiger partial charge is 0.123 e. The molecule has 2 N–H and O–H groups in total. The van der Waals surface area contributed by atoms with Crippen molar-refractivity contribution in [3.05, 3.63) is 18.2 Å². The van der Waals surface area contributed by atoms with Crippen LogP contribution in [0.2, 0.25) is 0 Å². The third-order valence-corrected chi connectivity index (χ3v) is 4.03. The standard InChI is InChI=1S/C16H25N3O/c1-12(2)20-16-10-13(17)9-15(11-16)19-7-5-18(6-8-19)14-3-4-14/h9-12,14H,3-8,17H2,1-2H3. The summed E-state index contributed by atoms with van der Waals surface area (Å²) in [5, 5.41) is 0. The highest BCUT2D eigenvalue weighted by Gasteiger charge is 2.31. The molecule has 0 bridgehead atoms. The molecule has 2 fully saturated rings. The van der Waals surface area contributed by atoms with Gasteiger partial charge in [-0.15, -0.1) is 0 Å². The van der Waals surface area contributed by atoms with Crippen LogP contribution in [-0.4, -0.2) is 43.2 Å². The second kappa shape index (κ2) is 5.52. The van der Waals surface area contributed by atoms with E-state index in [0.717, 1.165) is 30.6 Å². The van der Waals surface area contributed by atoms with E-state index in [-0.39, 0.29) is 6.10 Å². The highest BCUT2D eigenvalue weighted by atomic mass is 16.5. The van der Waals surface area contributed by atoms with Crippen molar-refractivity contribution >= 4 is 11.4 Å². The number of benzene rings is 1. The Hall–Kier alpha value is -1.42. The molecule has 4 nitrogen and oxygen atoms in total. The van der Waals surface area contributed by atoms with E-state index in [1.54, 1.807) is 0 Å². The van der Waals surface area contributed by atoms with Gasteiger partial charge in [0.05, 0.1) is 6.10 Å². The minimum Gasteiger partial charge on any atom is -0.491 e. The molecule has 0 spiro atoms. The van der Waals surface area contributed by atoms with Crippen LogP contribution in [0.5, 0.6) is 5.75 Å². The minimum absolute atomic E-state index is 0.177. The van der Waals surface area contributed by atoms with E-state index < -0.39 is 0 Å². The first kappa shape index (κ1) is 13.6. The van der Waals surface area contributed by atoms with Crippen LogP contribution in [0, 0.1) is 0 Å². The average Bonchev–Trinajstić information content (AvgIpc) is 3.21. The topological polar surface area (TPSA) is 41.7 Å². The molecule has 1 saturated heterocycles. The Bertz CT molecular complexity index is 463. The molecule has 1 aliphatic heterocycles. The molecule has 1 heterocycles. The fraction of sp³-hybridized carbons (Fsp3) is 0.625. The van der Waals surface area contributed by atoms with Crippen molar-refractivity contribution in [1.82, 2.24) is 4.90 Å². The number of ether oxygens (including phenoxy) is 1. The van der Waals surface area contributed by atoms with Crippen molar-refractivity contribution in [2.45, 2.75) is 38.8 Å². The number of hydrogen-bond acceptors (Lipinski definition) is 4. The van der Waals surface area contributed by atoms with Gasteiger partial charge >= 0.3 is 0 Å². The second-order valence-electron chi connectivity index (χ2n) is 6.18. The molecule has 0 atom stereocenters. The molecule has 3 rings (SSSR count). The molecule has 0 unspecified atom stereocenters. The average molecular weight is 275 g/mol. The molecule has 1 aliphatic carbocycles. The molecule has 1 aromatic rings. The van der Waals surface area contributed by atoms with Gasteiger partial charge in [0.1, 0.15) is 5.75 Å². The Balaban J connectivity index is 1.68. The molecule has 110 valence electrons. The molecule has 0 aromatic heterocycles. The second-order valence-corrected chi connectivity index (χ2v) is 6.18. The van der Waals surface area contributed by atoms with Gasteiger partial charge in [0.15, 0.2) is 0 Å². The third kappa shape index (κ3) is 3.18. The van der Waals surface area contributed by atoms with E-state index >= 15 is 0 Å². The van der Waals surface area contributed by atoms with E-state index in [2.05, 4.69) is 21.9 Å². The maximum absolute atomic E-state index is 6.01. The number of rotatable bonds is 4. The Morgan fingerprint density at radius 2 is 1.80 bits per heavy atom. The van der Waals surface area contributed by atoms with Crippen molar-refractivity contribution in [3.63, 3.8) is 0 Å². The van der Waals surface area contributed by atoms with Crippen LogP contribution < -0.4 is 15.4 Å². The first-order chi connectivity index (χ1) is 9.61. The summed E-state index contributed by atoms with van der Waals surface area (Å²) < 4.78 is 5.78. The zero-order valence-corrected chi connectivity index (χ0v) is 12.5. The summed E-state index contributed by atoms with van der Waals surface area (Å²) >= 11 is 0. The Labute approximate surface area is 121 Å². The van der Waals surface area contributed by atoms with Gasteiger partial charge in [0.25, 0.3) is 0 Å². The van der Waals surface area contributed by atoms with E-state index in [1.165, 1.54) is 31.6 Å². The molecule has 2 aliphatic rings. The monoisotopic (exact) mass is 275 g/mol. The number of anilines is 2. The van der Waals surface area contributed by atoms with Gasteiger partial charge in [0.2, 0.25) is 0 Å². The lowest BCUT2D eigenvalue weighted by Gasteiger charge is -2.36. The molecule has 4 heteroatoms. The lowest BCUT2D eigenvalue weighted by atomic mass is 10.2. The number of nitrogens with zero attached hydrogens (tertiary/aromatic N) is 2. The first-order valence-electron chi connectivity index (χ1n) is 7.68. The summed E-state index contributed by atoms with van der Waals surface area (Å²) in [5.41, 5.74) is 7.98. The normalized spacial score (nSPS) is 20.4. The fourth-order valence-corrected chi connectivity index (χ4v) is 2.91. The summed E-state index contributed by atoms with van der Waals surface area (Å²) in [7, 11) is 0. The fourth-order valence-electron chi connectivity index (χ4n) is 2.91. The van der Waals surface area contributed by atoms with E-state index in [0.29, 0.717) is 0 Å². The minimum atomic E-state index is 0.177. The lowest BCUT2D eigenvalue weighted by molar-refractivity contribution is 0.241. The largest absolute Gasteiger partial charge is 0.491 e. The highest BCUT2D eigenvalue weighted by Crippen LogP contribution is 2.30. The number of piperazine rings is 1. The summed E-state index contributed by atoms with van der Waals surface area (Å²) in [6.45, 7) is 8.58. The predicted molar refractivity (Wildman–Crippen MR) is 83.4 cm³/mol. The maximum atomic E-state index is 6.01. The molecular weight excluding hydrogens is 250 g/mol. The molecule has 1 saturated carbocycles. The zero-order valence-electron chi connectivity index (χ0n) is 12.5. The van der Waals surface area contributed by atoms with Gasteiger partial charge in [-0.3, -0.25) is 4.90 Å². The van der Waals surface area contributed by atoms with Crippen LogP contribution in [0.1, 0.15) is 26.7 Å². The SMILES string of the molecule is CC(C)Oc1cc(N)cc(N2CCN(C3CC3)CC2)c1. The van der Waals surface area contributed by atoms with Gasteiger partial charge < -0.3 is 15.4 Å². The Morgan fingerprint density at radius 3 is 2.40 bits per heavy atom. The number of hydrogen-bond donors (Lipinski definition) is 1. The van der Waals surface area contributed by atoms with Gasteiger partial charge in [0, 0.05) is 55.7 Å². The number of nitrogens with two attached hydrogens (primary N) is 1. The van der Waals surface area contributed by atoms with Crippen molar-refractivity contribution in [1.29, 1.82) is 0 Å². The Kier molecular flexibility index (Phi) is 3.74. The van der Waals surface area contributed by atoms with Crippen LogP contribution in [0.3, 0.4) is 0 Å². The van der Waals surface area contributed by atoms with E-state index in [4.69, 9.17) is 10.5 Å². The van der Waals surface area contributed by atoms with E-state index in [1.807, 2.05) is 19.9 Å². The van der Waals surface area contributed by atoms with Crippen molar-refractivity contribution in [2.24, 2.45) is 0 Å². The highest BCUT2D eigenvalue weighted by molar-refractivity contribution is 5.60. The summed E-state index contributed by atoms with van der Waals surface area (Å²) in [5.74, 6) is 0.875. The van der Waals surface area contributed by atoms with Crippen LogP contribution >= 0.6 is 0 Å². The predicted octanol–water partition coefficient (Wildman–Crippen LogP) is 2.34. The van der Waals surface area contributed by atoms with Crippen molar-refractivity contribution in [3.8, 4) is 5.75 Å². The molecule has 1 aromatic carbocycles. The van der Waals surface area contributed by atoms with Crippen LogP contribution in [0.4, 0.5) is 11.4 Å². The van der Waals surface area contributed by atoms with Gasteiger partial charge in [-0.1, -0.05) is 0 Å². The van der Waals surface area contributed by atoms with Crippen LogP contribution in [-0.2, 0) is 0 Å². The molecule has 0 amide bonds. The van der Waals surface area contributed by atoms with Gasteiger partial charge in [-0.2, -0.15) is 0 Å². The summed E-state index contributed by atoms with van der Waals surface area (Å²) in [6, 6.07) is 6.95. The quantitative estimate of drug-likeness (QED) is 0.856. The maximum Gasteiger partial charge on any atom is 0.123 e. The summed E-state index contributed by atoms with van der Waals surface area (Å²) in [4.78, 5) is 5.04. The van der Waals surface area contributed by atoms with Gasteiger partial charge in [-0.25, -0.2) is 0 Å². The first-order valence-corrected chi connectivity index (χ1v) is 7.68. The van der Waals surface area contributed by atoms with Crippen molar-refractivity contribution in [2.75, 3.05) is 36.8 Å². The van der Waals surface area contributed by atoms with Crippen molar-refractivity contribution < 1.29 is 4.74 Å². The summed E-state index contributed by atoms with van der Waals surface area (Å²) in [6.07, 6.45) is 2.96. The Morgan fingerprint density at radius 1 is 1.10 bits per heavy atom.